The molecule has 1 aliphatic heterocycles. The fourth-order valence-electron chi connectivity index (χ4n) is 3.73. The number of benzene rings is 1. The van der Waals surface area contributed by atoms with E-state index in [2.05, 4.69) is 16.6 Å². The number of carbonyl (C=O) groups is 1. The van der Waals surface area contributed by atoms with Gasteiger partial charge in [-0.25, -0.2) is 0 Å². The molecule has 0 aromatic heterocycles. The molecule has 1 atom stereocenters. The summed E-state index contributed by atoms with van der Waals surface area (Å²) in [5.41, 5.74) is 0.783. The molecule has 2 rings (SSSR count). The Bertz CT molecular complexity index is 615. The number of likely N-dealkylation sites (tertiary alicyclic amines) is 1. The summed E-state index contributed by atoms with van der Waals surface area (Å²) < 4.78 is 46.1. The molecule has 4 nitrogen and oxygen atoms in total. The van der Waals surface area contributed by atoms with E-state index >= 15 is 0 Å². The van der Waals surface area contributed by atoms with Crippen LogP contribution in [-0.2, 0) is 16.0 Å². The number of carbonyl (C=O) groups excluding carboxylic acids is 1. The van der Waals surface area contributed by atoms with Crippen LogP contribution < -0.4 is 4.74 Å². The van der Waals surface area contributed by atoms with Crippen molar-refractivity contribution >= 4 is 38.8 Å². The third kappa shape index (κ3) is 9.49. The van der Waals surface area contributed by atoms with Crippen LogP contribution in [0.25, 0.3) is 0 Å². The maximum atomic E-state index is 12.4. The van der Waals surface area contributed by atoms with Crippen molar-refractivity contribution in [3.8, 4) is 5.75 Å². The summed E-state index contributed by atoms with van der Waals surface area (Å²) in [7, 11) is 1.44. The molecule has 0 saturated carbocycles. The number of nitrogens with zero attached hydrogens (tertiary/aromatic N) is 1. The van der Waals surface area contributed by atoms with E-state index in [1.807, 2.05) is 0 Å². The Hall–Kier alpha value is -1.12. The van der Waals surface area contributed by atoms with Gasteiger partial charge in [-0.2, -0.15) is 0 Å². The van der Waals surface area contributed by atoms with Crippen molar-refractivity contribution < 1.29 is 27.4 Å². The van der Waals surface area contributed by atoms with Gasteiger partial charge in [0.05, 0.1) is 5.92 Å². The van der Waals surface area contributed by atoms with E-state index in [0.717, 1.165) is 50.8 Å². The zero-order valence-corrected chi connectivity index (χ0v) is 18.4. The lowest BCUT2D eigenvalue weighted by molar-refractivity contribution is -0.274. The lowest BCUT2D eigenvalue weighted by Gasteiger charge is -2.35. The summed E-state index contributed by atoms with van der Waals surface area (Å²) in [6.07, 6.45) is 0.00211. The molecule has 10 heteroatoms. The first-order chi connectivity index (χ1) is 12.8. The van der Waals surface area contributed by atoms with Gasteiger partial charge in [0.25, 0.3) is 5.97 Å². The third-order valence-corrected chi connectivity index (χ3v) is 5.11. The Labute approximate surface area is 183 Å². The van der Waals surface area contributed by atoms with Gasteiger partial charge in [-0.15, -0.1) is 38.0 Å². The van der Waals surface area contributed by atoms with Crippen LogP contribution in [0.2, 0.25) is 0 Å². The number of hydrogen-bond acceptors (Lipinski definition) is 4. The minimum absolute atomic E-state index is 0. The van der Waals surface area contributed by atoms with E-state index in [4.69, 9.17) is 4.65 Å². The third-order valence-electron chi connectivity index (χ3n) is 5.11. The van der Waals surface area contributed by atoms with Gasteiger partial charge in [0.1, 0.15) is 5.75 Å². The van der Waals surface area contributed by atoms with Crippen LogP contribution in [0.15, 0.2) is 24.3 Å². The highest BCUT2D eigenvalue weighted by molar-refractivity contribution is 6.05. The number of ether oxygens (including phenoxy) is 1. The first kappa shape index (κ1) is 27.9. The van der Waals surface area contributed by atoms with Gasteiger partial charge in [0.2, 0.25) is 0 Å². The summed E-state index contributed by atoms with van der Waals surface area (Å²) in [4.78, 5) is 14.3. The molecule has 1 heterocycles. The maximum absolute atomic E-state index is 12.4. The zero-order chi connectivity index (χ0) is 19.9. The van der Waals surface area contributed by atoms with Gasteiger partial charge in [-0.3, -0.25) is 9.69 Å². The van der Waals surface area contributed by atoms with Crippen molar-refractivity contribution in [2.75, 3.05) is 13.1 Å². The van der Waals surface area contributed by atoms with E-state index in [1.54, 1.807) is 12.1 Å². The highest BCUT2D eigenvalue weighted by Gasteiger charge is 2.32. The minimum Gasteiger partial charge on any atom is -0.543 e. The summed E-state index contributed by atoms with van der Waals surface area (Å²) in [5.74, 6) is -0.0696. The van der Waals surface area contributed by atoms with E-state index in [0.29, 0.717) is 12.5 Å². The summed E-state index contributed by atoms with van der Waals surface area (Å²) >= 11 is 0. The number of halogens is 5. The van der Waals surface area contributed by atoms with Crippen LogP contribution in [0, 0.1) is 11.8 Å². The Kier molecular flexibility index (Phi) is 12.7. The van der Waals surface area contributed by atoms with Gasteiger partial charge in [-0.05, 0) is 56.0 Å². The van der Waals surface area contributed by atoms with Gasteiger partial charge in [-0.1, -0.05) is 31.9 Å². The molecule has 0 N–H and O–H groups in total. The predicted octanol–water partition coefficient (Wildman–Crippen LogP) is 4.54. The van der Waals surface area contributed by atoms with Crippen molar-refractivity contribution in [1.29, 1.82) is 0 Å². The Morgan fingerprint density at radius 1 is 1.28 bits per heavy atom. The van der Waals surface area contributed by atoms with Crippen LogP contribution in [-0.4, -0.2) is 38.4 Å². The highest BCUT2D eigenvalue weighted by Crippen LogP contribution is 2.31. The molecule has 166 valence electrons. The molecular weight excluding hydrogens is 429 g/mol. The van der Waals surface area contributed by atoms with Gasteiger partial charge >= 0.3 is 14.4 Å². The van der Waals surface area contributed by atoms with Crippen LogP contribution in [0.3, 0.4) is 0 Å². The summed E-state index contributed by atoms with van der Waals surface area (Å²) in [5, 5.41) is 0. The summed E-state index contributed by atoms with van der Waals surface area (Å²) in [6, 6.07) is 6.10. The molecule has 0 amide bonds. The fraction of sp³-hybridized carbons (Fsp3) is 0.632. The molecule has 0 bridgehead atoms. The van der Waals surface area contributed by atoms with Crippen LogP contribution in [0.4, 0.5) is 13.2 Å². The molecule has 1 unspecified atom stereocenters. The van der Waals surface area contributed by atoms with E-state index in [1.165, 1.54) is 20.2 Å². The van der Waals surface area contributed by atoms with Gasteiger partial charge in [0.15, 0.2) is 0 Å². The summed E-state index contributed by atoms with van der Waals surface area (Å²) in [6.45, 7) is 4.30. The minimum atomic E-state index is -4.68. The van der Waals surface area contributed by atoms with Crippen molar-refractivity contribution in [2.45, 2.75) is 51.9 Å². The van der Waals surface area contributed by atoms with Gasteiger partial charge in [0, 0.05) is 6.54 Å². The Balaban J connectivity index is 0.00000392. The average Bonchev–Trinajstić information content (AvgIpc) is 2.62. The highest BCUT2D eigenvalue weighted by atomic mass is 35.5. The molecule has 29 heavy (non-hydrogen) atoms. The van der Waals surface area contributed by atoms with Crippen molar-refractivity contribution in [3.63, 3.8) is 0 Å². The second-order valence-electron chi connectivity index (χ2n) is 7.08. The molecule has 0 aliphatic carbocycles. The van der Waals surface area contributed by atoms with Crippen molar-refractivity contribution in [1.82, 2.24) is 4.90 Å². The lowest BCUT2D eigenvalue weighted by atomic mass is 9.81. The predicted molar refractivity (Wildman–Crippen MR) is 113 cm³/mol. The molecule has 1 aliphatic rings. The maximum Gasteiger partial charge on any atom is 0.573 e. The van der Waals surface area contributed by atoms with Gasteiger partial charge < -0.3 is 9.39 Å². The van der Waals surface area contributed by atoms with E-state index < -0.39 is 6.36 Å². The molecule has 1 saturated heterocycles. The number of hydrogen-bond donors (Lipinski definition) is 0. The molecular formula is C19H29BCl2F3NO3. The quantitative estimate of drug-likeness (QED) is 0.537. The molecule has 1 aromatic rings. The standard InChI is InChI=1S/C19H27BF3NO3.2ClH/c1-2-3-7-17(18(25)27-20)15-8-10-24(11-9-15)13-14-5-4-6-16(12-14)26-19(21,22)23;;/h4-6,12,15,17H,2-3,7-11,13,20H2,1H3;2*1H. The second kappa shape index (κ2) is 13.2. The molecule has 0 radical (unpaired) electrons. The first-order valence-electron chi connectivity index (χ1n) is 9.47. The van der Waals surface area contributed by atoms with Crippen LogP contribution >= 0.6 is 24.8 Å². The SMILES string of the molecule is BOC(=O)C(CCCC)C1CCN(Cc2cccc(OC(F)(F)F)c2)CC1.Cl.Cl. The topological polar surface area (TPSA) is 38.8 Å². The van der Waals surface area contributed by atoms with E-state index in [-0.39, 0.29) is 42.5 Å². The van der Waals surface area contributed by atoms with Crippen molar-refractivity contribution in [2.24, 2.45) is 11.8 Å². The number of piperidine rings is 1. The molecule has 1 fully saturated rings. The van der Waals surface area contributed by atoms with Crippen LogP contribution in [0.5, 0.6) is 5.75 Å². The zero-order valence-electron chi connectivity index (χ0n) is 16.7. The molecule has 1 aromatic carbocycles. The monoisotopic (exact) mass is 457 g/mol. The van der Waals surface area contributed by atoms with E-state index in [9.17, 15) is 18.0 Å². The molecule has 0 spiro atoms. The number of alkyl halides is 3. The van der Waals surface area contributed by atoms with Crippen molar-refractivity contribution in [3.05, 3.63) is 29.8 Å². The largest absolute Gasteiger partial charge is 0.573 e. The first-order valence-corrected chi connectivity index (χ1v) is 9.47. The average molecular weight is 458 g/mol. The normalized spacial score (nSPS) is 16.3. The lowest BCUT2D eigenvalue weighted by Crippen LogP contribution is -2.38. The number of rotatable bonds is 8. The Morgan fingerprint density at radius 2 is 1.93 bits per heavy atom. The smallest absolute Gasteiger partial charge is 0.543 e. The fourth-order valence-corrected chi connectivity index (χ4v) is 3.73. The second-order valence-corrected chi connectivity index (χ2v) is 7.08. The Morgan fingerprint density at radius 3 is 2.48 bits per heavy atom. The number of unbranched alkanes of at least 4 members (excludes halogenated alkanes) is 1. The van der Waals surface area contributed by atoms with Crippen LogP contribution in [0.1, 0.15) is 44.6 Å².